The maximum atomic E-state index is 12.8. The molecule has 0 saturated heterocycles. The summed E-state index contributed by atoms with van der Waals surface area (Å²) in [7, 11) is 0. The number of carbonyl (C=O) groups excluding carboxylic acids is 1. The SMILES string of the molecule is CCCCC(CC)COC(=O)/C(C#N)=C(\c1ccccc1)C1C=CC=CC1. The van der Waals surface area contributed by atoms with Gasteiger partial charge in [-0.1, -0.05) is 87.7 Å². The van der Waals surface area contributed by atoms with Gasteiger partial charge in [-0.25, -0.2) is 4.79 Å². The van der Waals surface area contributed by atoms with Crippen molar-refractivity contribution in [2.45, 2.75) is 46.0 Å². The van der Waals surface area contributed by atoms with E-state index in [0.29, 0.717) is 12.5 Å². The van der Waals surface area contributed by atoms with Crippen LogP contribution < -0.4 is 0 Å². The summed E-state index contributed by atoms with van der Waals surface area (Å²) < 4.78 is 5.58. The summed E-state index contributed by atoms with van der Waals surface area (Å²) >= 11 is 0. The first kappa shape index (κ1) is 20.7. The fourth-order valence-corrected chi connectivity index (χ4v) is 3.34. The van der Waals surface area contributed by atoms with E-state index in [4.69, 9.17) is 4.74 Å². The number of allylic oxidation sites excluding steroid dienone is 5. The third kappa shape index (κ3) is 5.96. The number of hydrogen-bond donors (Lipinski definition) is 0. The molecule has 0 radical (unpaired) electrons. The zero-order valence-electron chi connectivity index (χ0n) is 16.4. The van der Waals surface area contributed by atoms with E-state index in [1.165, 1.54) is 0 Å². The molecule has 27 heavy (non-hydrogen) atoms. The first-order valence-electron chi connectivity index (χ1n) is 9.91. The van der Waals surface area contributed by atoms with Gasteiger partial charge in [0.15, 0.2) is 0 Å². The van der Waals surface area contributed by atoms with Crippen LogP contribution in [0.25, 0.3) is 5.57 Å². The first-order valence-corrected chi connectivity index (χ1v) is 9.91. The summed E-state index contributed by atoms with van der Waals surface area (Å²) in [6, 6.07) is 11.8. The lowest BCUT2D eigenvalue weighted by Crippen LogP contribution is -2.17. The second-order valence-corrected chi connectivity index (χ2v) is 6.94. The van der Waals surface area contributed by atoms with Gasteiger partial charge in [-0.15, -0.1) is 0 Å². The molecule has 1 aliphatic rings. The Morgan fingerprint density at radius 1 is 1.26 bits per heavy atom. The van der Waals surface area contributed by atoms with Crippen LogP contribution in [0.1, 0.15) is 51.5 Å². The summed E-state index contributed by atoms with van der Waals surface area (Å²) in [5, 5.41) is 9.77. The zero-order valence-corrected chi connectivity index (χ0v) is 16.4. The van der Waals surface area contributed by atoms with Gasteiger partial charge in [-0.3, -0.25) is 0 Å². The quantitative estimate of drug-likeness (QED) is 0.314. The molecule has 1 aromatic carbocycles. The molecule has 0 spiro atoms. The number of esters is 1. The molecule has 3 nitrogen and oxygen atoms in total. The topological polar surface area (TPSA) is 50.1 Å². The van der Waals surface area contributed by atoms with Crippen LogP contribution in [0.3, 0.4) is 0 Å². The highest BCUT2D eigenvalue weighted by atomic mass is 16.5. The van der Waals surface area contributed by atoms with Gasteiger partial charge in [-0.05, 0) is 29.9 Å². The third-order valence-electron chi connectivity index (χ3n) is 5.01. The van der Waals surface area contributed by atoms with Crippen LogP contribution in [0.15, 0.2) is 60.2 Å². The van der Waals surface area contributed by atoms with Crippen molar-refractivity contribution in [1.82, 2.24) is 0 Å². The fraction of sp³-hybridized carbons (Fsp3) is 0.417. The van der Waals surface area contributed by atoms with Gasteiger partial charge in [0.05, 0.1) is 6.61 Å². The van der Waals surface area contributed by atoms with Crippen LogP contribution in [0.2, 0.25) is 0 Å². The number of rotatable bonds is 9. The molecule has 0 bridgehead atoms. The molecule has 2 unspecified atom stereocenters. The van der Waals surface area contributed by atoms with Crippen molar-refractivity contribution in [2.75, 3.05) is 6.61 Å². The van der Waals surface area contributed by atoms with Gasteiger partial charge in [-0.2, -0.15) is 5.26 Å². The van der Waals surface area contributed by atoms with E-state index in [1.807, 2.05) is 48.6 Å². The summed E-state index contributed by atoms with van der Waals surface area (Å²) in [6.45, 7) is 4.65. The Bertz CT molecular complexity index is 737. The van der Waals surface area contributed by atoms with Gasteiger partial charge < -0.3 is 4.74 Å². The number of benzene rings is 1. The Hall–Kier alpha value is -2.60. The summed E-state index contributed by atoms with van der Waals surface area (Å²) in [5.74, 6) is -0.151. The number of unbranched alkanes of at least 4 members (excludes halogenated alkanes) is 1. The minimum absolute atomic E-state index is 0.00154. The molecule has 1 aromatic rings. The number of nitrogens with zero attached hydrogens (tertiary/aromatic N) is 1. The smallest absolute Gasteiger partial charge is 0.349 e. The predicted octanol–water partition coefficient (Wildman–Crippen LogP) is 5.86. The van der Waals surface area contributed by atoms with Gasteiger partial charge in [0, 0.05) is 5.92 Å². The summed E-state index contributed by atoms with van der Waals surface area (Å²) in [6.07, 6.45) is 13.1. The van der Waals surface area contributed by atoms with E-state index < -0.39 is 5.97 Å². The predicted molar refractivity (Wildman–Crippen MR) is 110 cm³/mol. The van der Waals surface area contributed by atoms with Crippen molar-refractivity contribution >= 4 is 11.5 Å². The van der Waals surface area contributed by atoms with Crippen molar-refractivity contribution in [1.29, 1.82) is 5.26 Å². The molecular formula is C24H29NO2. The van der Waals surface area contributed by atoms with Crippen LogP contribution in [0.4, 0.5) is 0 Å². The van der Waals surface area contributed by atoms with E-state index in [-0.39, 0.29) is 11.5 Å². The van der Waals surface area contributed by atoms with Crippen LogP contribution in [0.5, 0.6) is 0 Å². The fourth-order valence-electron chi connectivity index (χ4n) is 3.34. The highest BCUT2D eigenvalue weighted by Crippen LogP contribution is 2.33. The van der Waals surface area contributed by atoms with E-state index in [0.717, 1.165) is 43.2 Å². The standard InChI is InChI=1S/C24H29NO2/c1-3-5-12-19(4-2)18-27-24(26)22(17-25)23(20-13-8-6-9-14-20)21-15-10-7-11-16-21/h6-11,13-15,19,21H,3-5,12,16,18H2,1-2H3/b23-22+. The molecule has 0 N–H and O–H groups in total. The number of ether oxygens (including phenoxy) is 1. The summed E-state index contributed by atoms with van der Waals surface area (Å²) in [4.78, 5) is 12.8. The lowest BCUT2D eigenvalue weighted by Gasteiger charge is -2.20. The molecule has 0 aromatic heterocycles. The highest BCUT2D eigenvalue weighted by Gasteiger charge is 2.24. The van der Waals surface area contributed by atoms with Crippen molar-refractivity contribution in [3.8, 4) is 6.07 Å². The third-order valence-corrected chi connectivity index (χ3v) is 5.01. The van der Waals surface area contributed by atoms with Crippen LogP contribution in [0, 0.1) is 23.2 Å². The Balaban J connectivity index is 2.27. The Morgan fingerprint density at radius 2 is 2.04 bits per heavy atom. The largest absolute Gasteiger partial charge is 0.461 e. The average Bonchev–Trinajstić information content (AvgIpc) is 2.73. The normalized spacial score (nSPS) is 17.7. The summed E-state index contributed by atoms with van der Waals surface area (Å²) in [5.41, 5.74) is 1.77. The van der Waals surface area contributed by atoms with Crippen molar-refractivity contribution in [3.63, 3.8) is 0 Å². The second-order valence-electron chi connectivity index (χ2n) is 6.94. The van der Waals surface area contributed by atoms with E-state index in [9.17, 15) is 10.1 Å². The van der Waals surface area contributed by atoms with Crippen LogP contribution >= 0.6 is 0 Å². The molecule has 1 aliphatic carbocycles. The molecule has 3 heteroatoms. The van der Waals surface area contributed by atoms with Gasteiger partial charge >= 0.3 is 5.97 Å². The average molecular weight is 364 g/mol. The lowest BCUT2D eigenvalue weighted by molar-refractivity contribution is -0.140. The molecule has 0 amide bonds. The molecule has 0 heterocycles. The number of hydrogen-bond acceptors (Lipinski definition) is 3. The van der Waals surface area contributed by atoms with Crippen molar-refractivity contribution in [2.24, 2.45) is 11.8 Å². The maximum Gasteiger partial charge on any atom is 0.349 e. The maximum absolute atomic E-state index is 12.8. The molecule has 0 fully saturated rings. The minimum atomic E-state index is -0.505. The van der Waals surface area contributed by atoms with Gasteiger partial charge in [0.25, 0.3) is 0 Å². The second kappa shape index (κ2) is 11.2. The minimum Gasteiger partial charge on any atom is -0.461 e. The Morgan fingerprint density at radius 3 is 2.63 bits per heavy atom. The lowest BCUT2D eigenvalue weighted by atomic mass is 9.84. The van der Waals surface area contributed by atoms with E-state index in [1.54, 1.807) is 0 Å². The molecule has 142 valence electrons. The van der Waals surface area contributed by atoms with Crippen LogP contribution in [-0.2, 0) is 9.53 Å². The highest BCUT2D eigenvalue weighted by molar-refractivity contribution is 6.02. The molecule has 2 rings (SSSR count). The van der Waals surface area contributed by atoms with Crippen molar-refractivity contribution in [3.05, 3.63) is 65.8 Å². The van der Waals surface area contributed by atoms with E-state index in [2.05, 4.69) is 26.0 Å². The monoisotopic (exact) mass is 363 g/mol. The Labute approximate surface area is 163 Å². The molecule has 0 aliphatic heterocycles. The zero-order chi connectivity index (χ0) is 19.5. The number of carbonyl (C=O) groups is 1. The van der Waals surface area contributed by atoms with E-state index >= 15 is 0 Å². The number of nitriles is 1. The molecule has 2 atom stereocenters. The Kier molecular flexibility index (Phi) is 8.58. The molecule has 0 saturated carbocycles. The van der Waals surface area contributed by atoms with Crippen molar-refractivity contribution < 1.29 is 9.53 Å². The molecular weight excluding hydrogens is 334 g/mol. The van der Waals surface area contributed by atoms with Gasteiger partial charge in [0.2, 0.25) is 0 Å². The van der Waals surface area contributed by atoms with Gasteiger partial charge in [0.1, 0.15) is 11.6 Å². The first-order chi connectivity index (χ1) is 13.2. The van der Waals surface area contributed by atoms with Crippen LogP contribution in [-0.4, -0.2) is 12.6 Å².